The van der Waals surface area contributed by atoms with E-state index < -0.39 is 0 Å². The minimum Gasteiger partial charge on any atom is -0.338 e. The first-order valence-electron chi connectivity index (χ1n) is 8.36. The molecular formula is C19H17FN4OS2. The topological polar surface area (TPSA) is 64.7 Å². The molecule has 0 spiro atoms. The van der Waals surface area contributed by atoms with Crippen molar-refractivity contribution in [3.05, 3.63) is 53.5 Å². The lowest BCUT2D eigenvalue weighted by Gasteiger charge is -2.10. The lowest BCUT2D eigenvalue weighted by Crippen LogP contribution is -2.13. The third-order valence-electron chi connectivity index (χ3n) is 3.96. The van der Waals surface area contributed by atoms with E-state index in [0.717, 1.165) is 26.4 Å². The molecule has 0 bridgehead atoms. The van der Waals surface area contributed by atoms with E-state index in [1.54, 1.807) is 29.8 Å². The summed E-state index contributed by atoms with van der Waals surface area (Å²) >= 11 is 3.08. The number of fused-ring (bicyclic) bond motifs is 1. The van der Waals surface area contributed by atoms with Crippen LogP contribution < -0.4 is 0 Å². The molecular weight excluding hydrogens is 383 g/mol. The Morgan fingerprint density at radius 2 is 1.93 bits per heavy atom. The average Bonchev–Trinajstić information content (AvgIpc) is 3.28. The summed E-state index contributed by atoms with van der Waals surface area (Å²) in [5.74, 6) is 1.52. The Balaban J connectivity index is 1.65. The fourth-order valence-electron chi connectivity index (χ4n) is 2.55. The maximum Gasteiger partial charge on any atom is 0.237 e. The highest BCUT2D eigenvalue weighted by atomic mass is 32.2. The Hall–Kier alpha value is -2.32. The van der Waals surface area contributed by atoms with Gasteiger partial charge in [-0.05, 0) is 17.7 Å². The zero-order valence-electron chi connectivity index (χ0n) is 15.1. The van der Waals surface area contributed by atoms with Crippen LogP contribution in [0, 0.1) is 5.82 Å². The second-order valence-corrected chi connectivity index (χ2v) is 8.89. The van der Waals surface area contributed by atoms with Crippen molar-refractivity contribution in [1.29, 1.82) is 0 Å². The summed E-state index contributed by atoms with van der Waals surface area (Å²) in [5, 5.41) is 7.90. The molecule has 4 rings (SSSR count). The van der Waals surface area contributed by atoms with Crippen LogP contribution >= 0.6 is 23.1 Å². The molecule has 8 heteroatoms. The number of hydrogen-bond donors (Lipinski definition) is 0. The highest BCUT2D eigenvalue weighted by molar-refractivity contribution is 7.98. The fraction of sp³-hybridized carbons (Fsp3) is 0.263. The molecule has 1 aromatic carbocycles. The predicted molar refractivity (Wildman–Crippen MR) is 105 cm³/mol. The van der Waals surface area contributed by atoms with Gasteiger partial charge in [0.05, 0.1) is 11.1 Å². The molecule has 3 aromatic heterocycles. The molecule has 0 unspecified atom stereocenters. The van der Waals surface area contributed by atoms with Gasteiger partial charge in [0, 0.05) is 16.4 Å². The van der Waals surface area contributed by atoms with E-state index in [0.29, 0.717) is 17.5 Å². The summed E-state index contributed by atoms with van der Waals surface area (Å²) in [6.45, 7) is 6.13. The summed E-state index contributed by atoms with van der Waals surface area (Å²) in [5.41, 5.74) is 1.78. The largest absolute Gasteiger partial charge is 0.338 e. The van der Waals surface area contributed by atoms with Crippen molar-refractivity contribution >= 4 is 33.3 Å². The molecule has 0 saturated heterocycles. The Morgan fingerprint density at radius 1 is 1.15 bits per heavy atom. The maximum atomic E-state index is 13.3. The third kappa shape index (κ3) is 3.72. The smallest absolute Gasteiger partial charge is 0.237 e. The van der Waals surface area contributed by atoms with E-state index in [9.17, 15) is 4.39 Å². The lowest BCUT2D eigenvalue weighted by atomic mass is 9.96. The van der Waals surface area contributed by atoms with Crippen molar-refractivity contribution in [2.45, 2.75) is 37.0 Å². The number of thiophene rings is 1. The summed E-state index contributed by atoms with van der Waals surface area (Å²) in [6, 6.07) is 6.46. The molecule has 0 radical (unpaired) electrons. The van der Waals surface area contributed by atoms with Crippen LogP contribution in [0.25, 0.3) is 21.3 Å². The number of hydrogen-bond acceptors (Lipinski definition) is 7. The van der Waals surface area contributed by atoms with Gasteiger partial charge < -0.3 is 4.52 Å². The lowest BCUT2D eigenvalue weighted by molar-refractivity contribution is 0.373. The van der Waals surface area contributed by atoms with Gasteiger partial charge in [0.2, 0.25) is 5.89 Å². The number of nitrogens with zero attached hydrogens (tertiary/aromatic N) is 4. The molecule has 0 N–H and O–H groups in total. The van der Waals surface area contributed by atoms with Gasteiger partial charge in [-0.3, -0.25) is 0 Å². The first-order valence-corrected chi connectivity index (χ1v) is 10.2. The van der Waals surface area contributed by atoms with Crippen molar-refractivity contribution in [3.63, 3.8) is 0 Å². The monoisotopic (exact) mass is 400 g/mol. The molecule has 0 fully saturated rings. The number of halogens is 1. The van der Waals surface area contributed by atoms with Crippen LogP contribution in [0.2, 0.25) is 0 Å². The first-order chi connectivity index (χ1) is 12.9. The highest BCUT2D eigenvalue weighted by Gasteiger charge is 2.21. The number of aromatic nitrogens is 4. The van der Waals surface area contributed by atoms with E-state index in [1.807, 2.05) is 26.2 Å². The van der Waals surface area contributed by atoms with Crippen molar-refractivity contribution in [2.24, 2.45) is 0 Å². The van der Waals surface area contributed by atoms with Gasteiger partial charge in [-0.1, -0.05) is 49.8 Å². The summed E-state index contributed by atoms with van der Waals surface area (Å²) in [6.07, 6.45) is 1.56. The molecule has 0 aliphatic rings. The van der Waals surface area contributed by atoms with Gasteiger partial charge in [-0.2, -0.15) is 4.98 Å². The Morgan fingerprint density at radius 3 is 2.63 bits per heavy atom. The van der Waals surface area contributed by atoms with Crippen LogP contribution in [0.3, 0.4) is 0 Å². The molecule has 4 aromatic rings. The minimum absolute atomic E-state index is 0.155. The fourth-order valence-corrected chi connectivity index (χ4v) is 4.38. The predicted octanol–water partition coefficient (Wildman–Crippen LogP) is 5.47. The van der Waals surface area contributed by atoms with Crippen molar-refractivity contribution in [3.8, 4) is 11.1 Å². The highest BCUT2D eigenvalue weighted by Crippen LogP contribution is 2.38. The quantitative estimate of drug-likeness (QED) is 0.334. The number of thioether (sulfide) groups is 1. The Labute approximate surface area is 164 Å². The second-order valence-electron chi connectivity index (χ2n) is 7.07. The van der Waals surface area contributed by atoms with Gasteiger partial charge in [0.25, 0.3) is 0 Å². The minimum atomic E-state index is -0.254. The third-order valence-corrected chi connectivity index (χ3v) is 5.82. The molecule has 5 nitrogen and oxygen atoms in total. The normalized spacial score (nSPS) is 12.0. The van der Waals surface area contributed by atoms with E-state index in [4.69, 9.17) is 4.52 Å². The average molecular weight is 401 g/mol. The van der Waals surface area contributed by atoms with E-state index in [-0.39, 0.29) is 11.2 Å². The van der Waals surface area contributed by atoms with Crippen LogP contribution in [0.5, 0.6) is 0 Å². The SMILES string of the molecule is CC(C)(C)c1noc(CSc2ncnc3scc(-c4ccc(F)cc4)c23)n1. The van der Waals surface area contributed by atoms with Gasteiger partial charge in [0.15, 0.2) is 5.82 Å². The molecule has 138 valence electrons. The summed E-state index contributed by atoms with van der Waals surface area (Å²) in [4.78, 5) is 14.2. The maximum absolute atomic E-state index is 13.3. The van der Waals surface area contributed by atoms with Gasteiger partial charge in [-0.25, -0.2) is 14.4 Å². The van der Waals surface area contributed by atoms with Crippen LogP contribution in [-0.4, -0.2) is 20.1 Å². The standard InChI is InChI=1S/C19H17FN4OS2/c1-19(2,3)18-23-14(25-24-18)9-27-17-15-13(8-26-16(15)21-10-22-17)11-4-6-12(20)7-5-11/h4-8,10H,9H2,1-3H3. The number of rotatable bonds is 4. The zero-order chi connectivity index (χ0) is 19.0. The van der Waals surface area contributed by atoms with E-state index in [2.05, 4.69) is 20.1 Å². The summed E-state index contributed by atoms with van der Waals surface area (Å²) < 4.78 is 18.6. The number of benzene rings is 1. The van der Waals surface area contributed by atoms with Crippen LogP contribution in [0.1, 0.15) is 32.5 Å². The molecule has 0 aliphatic heterocycles. The van der Waals surface area contributed by atoms with E-state index in [1.165, 1.54) is 23.9 Å². The molecule has 0 amide bonds. The van der Waals surface area contributed by atoms with Crippen molar-refractivity contribution in [2.75, 3.05) is 0 Å². The van der Waals surface area contributed by atoms with Gasteiger partial charge in [0.1, 0.15) is 22.0 Å². The van der Waals surface area contributed by atoms with E-state index >= 15 is 0 Å². The molecule has 3 heterocycles. The molecule has 0 saturated carbocycles. The van der Waals surface area contributed by atoms with Gasteiger partial charge >= 0.3 is 0 Å². The molecule has 27 heavy (non-hydrogen) atoms. The Kier molecular flexibility index (Phi) is 4.69. The van der Waals surface area contributed by atoms with Crippen molar-refractivity contribution in [1.82, 2.24) is 20.1 Å². The second kappa shape index (κ2) is 7.01. The summed E-state index contributed by atoms with van der Waals surface area (Å²) in [7, 11) is 0. The Bertz CT molecular complexity index is 1080. The molecule has 0 aliphatic carbocycles. The van der Waals surface area contributed by atoms with Crippen LogP contribution in [0.4, 0.5) is 4.39 Å². The first kappa shape index (κ1) is 18.1. The van der Waals surface area contributed by atoms with Crippen molar-refractivity contribution < 1.29 is 8.91 Å². The molecule has 0 atom stereocenters. The van der Waals surface area contributed by atoms with Crippen LogP contribution in [0.15, 0.2) is 45.5 Å². The van der Waals surface area contributed by atoms with Crippen LogP contribution in [-0.2, 0) is 11.2 Å². The van der Waals surface area contributed by atoms with Gasteiger partial charge in [-0.15, -0.1) is 11.3 Å². The zero-order valence-corrected chi connectivity index (χ0v) is 16.7.